The van der Waals surface area contributed by atoms with E-state index in [9.17, 15) is 5.11 Å². The van der Waals surface area contributed by atoms with Gasteiger partial charge in [0.05, 0.1) is 23.8 Å². The van der Waals surface area contributed by atoms with Crippen LogP contribution in [0.1, 0.15) is 32.6 Å². The summed E-state index contributed by atoms with van der Waals surface area (Å²) in [7, 11) is 0. The quantitative estimate of drug-likeness (QED) is 0.769. The molecule has 0 amide bonds. The van der Waals surface area contributed by atoms with E-state index < -0.39 is 6.10 Å². The summed E-state index contributed by atoms with van der Waals surface area (Å²) in [4.78, 5) is 0. The number of ether oxygens (including phenoxy) is 1. The molecule has 1 aromatic carbocycles. The zero-order chi connectivity index (χ0) is 15.2. The van der Waals surface area contributed by atoms with Crippen molar-refractivity contribution in [3.8, 4) is 0 Å². The Morgan fingerprint density at radius 2 is 2.29 bits per heavy atom. The highest BCUT2D eigenvalue weighted by molar-refractivity contribution is 9.10. The molecule has 0 saturated heterocycles. The third-order valence-corrected chi connectivity index (χ3v) is 5.09. The Balaban J connectivity index is 1.69. The molecule has 1 fully saturated rings. The fourth-order valence-corrected chi connectivity index (χ4v) is 3.17. The van der Waals surface area contributed by atoms with Crippen LogP contribution in [0.4, 0.5) is 5.69 Å². The summed E-state index contributed by atoms with van der Waals surface area (Å²) in [5.41, 5.74) is 0.927. The lowest BCUT2D eigenvalue weighted by atomic mass is 9.89. The van der Waals surface area contributed by atoms with Crippen LogP contribution in [0.25, 0.3) is 0 Å². The molecule has 3 nitrogen and oxygen atoms in total. The van der Waals surface area contributed by atoms with Gasteiger partial charge in [-0.3, -0.25) is 0 Å². The highest BCUT2D eigenvalue weighted by atomic mass is 79.9. The monoisotopic (exact) mass is 375 g/mol. The number of rotatable bonds is 6. The normalized spacial score (nSPS) is 23.8. The van der Waals surface area contributed by atoms with Gasteiger partial charge in [0.15, 0.2) is 0 Å². The largest absolute Gasteiger partial charge is 0.389 e. The van der Waals surface area contributed by atoms with Crippen LogP contribution in [0.2, 0.25) is 5.02 Å². The second-order valence-electron chi connectivity index (χ2n) is 5.89. The van der Waals surface area contributed by atoms with Gasteiger partial charge >= 0.3 is 0 Å². The summed E-state index contributed by atoms with van der Waals surface area (Å²) in [5.74, 6) is 0.741. The van der Waals surface area contributed by atoms with Crippen LogP contribution >= 0.6 is 27.5 Å². The summed E-state index contributed by atoms with van der Waals surface area (Å²) in [5, 5.41) is 13.9. The molecule has 0 bridgehead atoms. The fourth-order valence-electron chi connectivity index (χ4n) is 2.68. The van der Waals surface area contributed by atoms with Crippen LogP contribution < -0.4 is 5.32 Å². The van der Waals surface area contributed by atoms with Gasteiger partial charge in [-0.25, -0.2) is 0 Å². The van der Waals surface area contributed by atoms with E-state index in [1.165, 1.54) is 12.8 Å². The fraction of sp³-hybridized carbons (Fsp3) is 0.625. The van der Waals surface area contributed by atoms with Crippen LogP contribution in [0, 0.1) is 5.92 Å². The third kappa shape index (κ3) is 5.78. The van der Waals surface area contributed by atoms with Crippen molar-refractivity contribution in [2.45, 2.75) is 44.8 Å². The molecule has 0 aliphatic heterocycles. The third-order valence-electron chi connectivity index (χ3n) is 3.87. The van der Waals surface area contributed by atoms with Gasteiger partial charge in [-0.2, -0.15) is 0 Å². The second-order valence-corrected chi connectivity index (χ2v) is 7.15. The zero-order valence-electron chi connectivity index (χ0n) is 12.3. The average molecular weight is 377 g/mol. The molecule has 1 aliphatic rings. The van der Waals surface area contributed by atoms with Crippen molar-refractivity contribution in [1.29, 1.82) is 0 Å². The number of anilines is 1. The van der Waals surface area contributed by atoms with E-state index in [4.69, 9.17) is 16.3 Å². The minimum Gasteiger partial charge on any atom is -0.389 e. The first kappa shape index (κ1) is 17.1. The van der Waals surface area contributed by atoms with Crippen molar-refractivity contribution in [1.82, 2.24) is 0 Å². The van der Waals surface area contributed by atoms with E-state index in [1.54, 1.807) is 0 Å². The molecule has 0 radical (unpaired) electrons. The van der Waals surface area contributed by atoms with Gasteiger partial charge in [0.25, 0.3) is 0 Å². The molecule has 0 aromatic heterocycles. The lowest BCUT2D eigenvalue weighted by molar-refractivity contribution is -0.0274. The van der Waals surface area contributed by atoms with Gasteiger partial charge < -0.3 is 15.2 Å². The molecule has 3 atom stereocenters. The molecule has 0 heterocycles. The highest BCUT2D eigenvalue weighted by Gasteiger charge is 2.20. The van der Waals surface area contributed by atoms with Gasteiger partial charge in [0.2, 0.25) is 0 Å². The van der Waals surface area contributed by atoms with Crippen molar-refractivity contribution < 1.29 is 9.84 Å². The molecule has 118 valence electrons. The van der Waals surface area contributed by atoms with Gasteiger partial charge in [0.1, 0.15) is 0 Å². The van der Waals surface area contributed by atoms with Crippen LogP contribution in [0.15, 0.2) is 22.7 Å². The summed E-state index contributed by atoms with van der Waals surface area (Å²) in [6, 6.07) is 5.61. The molecular formula is C16H23BrClNO2. The Morgan fingerprint density at radius 1 is 1.48 bits per heavy atom. The molecule has 2 rings (SSSR count). The molecule has 1 aliphatic carbocycles. The van der Waals surface area contributed by atoms with Crippen LogP contribution in [-0.4, -0.2) is 30.5 Å². The van der Waals surface area contributed by atoms with E-state index in [2.05, 4.69) is 28.2 Å². The summed E-state index contributed by atoms with van der Waals surface area (Å²) in [6.07, 6.45) is 4.58. The first-order valence-corrected chi connectivity index (χ1v) is 8.70. The Kier molecular flexibility index (Phi) is 6.80. The van der Waals surface area contributed by atoms with Crippen LogP contribution in [-0.2, 0) is 4.74 Å². The van der Waals surface area contributed by atoms with E-state index >= 15 is 0 Å². The summed E-state index contributed by atoms with van der Waals surface area (Å²) < 4.78 is 6.67. The smallest absolute Gasteiger partial charge is 0.0945 e. The summed E-state index contributed by atoms with van der Waals surface area (Å²) in [6.45, 7) is 3.13. The molecule has 5 heteroatoms. The van der Waals surface area contributed by atoms with E-state index in [0.717, 1.165) is 28.9 Å². The number of hydrogen-bond acceptors (Lipinski definition) is 3. The van der Waals surface area contributed by atoms with Crippen molar-refractivity contribution in [2.75, 3.05) is 18.5 Å². The first-order valence-electron chi connectivity index (χ1n) is 7.53. The Labute approximate surface area is 140 Å². The van der Waals surface area contributed by atoms with Gasteiger partial charge in [0, 0.05) is 16.7 Å². The standard InChI is InChI=1S/C16H23BrClNO2/c1-11-3-2-4-14(7-11)21-10-13(20)9-19-12-5-6-16(18)15(17)8-12/h5-6,8,11,13-14,19-20H,2-4,7,9-10H2,1H3. The molecule has 1 saturated carbocycles. The Morgan fingerprint density at radius 3 is 3.00 bits per heavy atom. The average Bonchev–Trinajstić information content (AvgIpc) is 2.46. The van der Waals surface area contributed by atoms with Gasteiger partial charge in [-0.1, -0.05) is 31.4 Å². The SMILES string of the molecule is CC1CCCC(OCC(O)CNc2ccc(Cl)c(Br)c2)C1. The number of halogens is 2. The minimum absolute atomic E-state index is 0.313. The first-order chi connectivity index (χ1) is 10.0. The molecule has 21 heavy (non-hydrogen) atoms. The molecule has 0 spiro atoms. The topological polar surface area (TPSA) is 41.5 Å². The summed E-state index contributed by atoms with van der Waals surface area (Å²) >= 11 is 9.33. The number of benzene rings is 1. The van der Waals surface area contributed by atoms with Gasteiger partial charge in [-0.05, 0) is 52.9 Å². The lowest BCUT2D eigenvalue weighted by Gasteiger charge is -2.27. The Hall–Kier alpha value is -0.290. The van der Waals surface area contributed by atoms with Crippen molar-refractivity contribution in [2.24, 2.45) is 5.92 Å². The lowest BCUT2D eigenvalue weighted by Crippen LogP contribution is -2.30. The van der Waals surface area contributed by atoms with Crippen molar-refractivity contribution >= 4 is 33.2 Å². The minimum atomic E-state index is -0.503. The van der Waals surface area contributed by atoms with Gasteiger partial charge in [-0.15, -0.1) is 0 Å². The zero-order valence-corrected chi connectivity index (χ0v) is 14.7. The predicted molar refractivity (Wildman–Crippen MR) is 91.0 cm³/mol. The van der Waals surface area contributed by atoms with E-state index in [1.807, 2.05) is 18.2 Å². The van der Waals surface area contributed by atoms with Crippen LogP contribution in [0.3, 0.4) is 0 Å². The molecule has 2 N–H and O–H groups in total. The number of nitrogens with one attached hydrogen (secondary N) is 1. The highest BCUT2D eigenvalue weighted by Crippen LogP contribution is 2.26. The second kappa shape index (κ2) is 8.37. The molecule has 3 unspecified atom stereocenters. The maximum absolute atomic E-state index is 10.0. The Bertz CT molecular complexity index is 458. The maximum Gasteiger partial charge on any atom is 0.0945 e. The van der Waals surface area contributed by atoms with Crippen molar-refractivity contribution in [3.05, 3.63) is 27.7 Å². The molecular weight excluding hydrogens is 354 g/mol. The number of hydrogen-bond donors (Lipinski definition) is 2. The van der Waals surface area contributed by atoms with Crippen LogP contribution in [0.5, 0.6) is 0 Å². The predicted octanol–water partition coefficient (Wildman–Crippen LogP) is 4.47. The maximum atomic E-state index is 10.0. The van der Waals surface area contributed by atoms with E-state index in [0.29, 0.717) is 24.3 Å². The van der Waals surface area contributed by atoms with E-state index in [-0.39, 0.29) is 0 Å². The number of aliphatic hydroxyl groups excluding tert-OH is 1. The molecule has 1 aromatic rings. The number of aliphatic hydroxyl groups is 1. The van der Waals surface area contributed by atoms with Crippen molar-refractivity contribution in [3.63, 3.8) is 0 Å².